The molecule has 2 rings (SSSR count). The smallest absolute Gasteiger partial charge is 0.131 e. The molecule has 1 heterocycles. The van der Waals surface area contributed by atoms with Gasteiger partial charge < -0.3 is 5.32 Å². The lowest BCUT2D eigenvalue weighted by molar-refractivity contribution is 0.602. The third-order valence-electron chi connectivity index (χ3n) is 2.62. The fourth-order valence-electron chi connectivity index (χ4n) is 1.77. The van der Waals surface area contributed by atoms with Crippen LogP contribution in [0.4, 0.5) is 8.78 Å². The minimum Gasteiger partial charge on any atom is -0.314 e. The largest absolute Gasteiger partial charge is 0.314 e. The van der Waals surface area contributed by atoms with Gasteiger partial charge in [-0.3, -0.25) is 4.68 Å². The summed E-state index contributed by atoms with van der Waals surface area (Å²) in [4.78, 5) is 0. The summed E-state index contributed by atoms with van der Waals surface area (Å²) in [6.45, 7) is 0.543. The standard InChI is InChI=1S/C12H13F2N3/c1-15-7-12-10(6-16-17(12)2)9-5-8(13)3-4-11(9)14/h3-6,15H,7H2,1-2H3. The van der Waals surface area contributed by atoms with E-state index in [1.54, 1.807) is 25.0 Å². The van der Waals surface area contributed by atoms with Gasteiger partial charge in [-0.2, -0.15) is 5.10 Å². The minimum atomic E-state index is -0.458. The molecule has 1 aromatic carbocycles. The lowest BCUT2D eigenvalue weighted by atomic mass is 10.1. The van der Waals surface area contributed by atoms with Crippen LogP contribution in [-0.4, -0.2) is 16.8 Å². The first-order valence-corrected chi connectivity index (χ1v) is 5.24. The molecule has 0 unspecified atom stereocenters. The Hall–Kier alpha value is -1.75. The highest BCUT2D eigenvalue weighted by Gasteiger charge is 2.14. The molecule has 0 aliphatic heterocycles. The van der Waals surface area contributed by atoms with Gasteiger partial charge in [0.2, 0.25) is 0 Å². The van der Waals surface area contributed by atoms with Crippen LogP contribution in [0.15, 0.2) is 24.4 Å². The van der Waals surface area contributed by atoms with Crippen molar-refractivity contribution in [1.82, 2.24) is 15.1 Å². The topological polar surface area (TPSA) is 29.9 Å². The van der Waals surface area contributed by atoms with Crippen LogP contribution in [0.25, 0.3) is 11.1 Å². The molecular weight excluding hydrogens is 224 g/mol. The first-order chi connectivity index (χ1) is 8.13. The summed E-state index contributed by atoms with van der Waals surface area (Å²) in [5.74, 6) is -0.905. The van der Waals surface area contributed by atoms with E-state index < -0.39 is 11.6 Å². The second-order valence-electron chi connectivity index (χ2n) is 3.78. The molecule has 0 fully saturated rings. The van der Waals surface area contributed by atoms with E-state index >= 15 is 0 Å². The molecule has 1 N–H and O–H groups in total. The summed E-state index contributed by atoms with van der Waals surface area (Å²) in [5.41, 5.74) is 1.67. The van der Waals surface area contributed by atoms with Crippen LogP contribution >= 0.6 is 0 Å². The lowest BCUT2D eigenvalue weighted by Gasteiger charge is -2.06. The van der Waals surface area contributed by atoms with Gasteiger partial charge in [-0.05, 0) is 25.2 Å². The zero-order chi connectivity index (χ0) is 12.4. The number of nitrogens with one attached hydrogen (secondary N) is 1. The first-order valence-electron chi connectivity index (χ1n) is 5.24. The highest BCUT2D eigenvalue weighted by atomic mass is 19.1. The molecular formula is C12H13F2N3. The molecule has 0 aliphatic carbocycles. The average Bonchev–Trinajstić information content (AvgIpc) is 2.65. The van der Waals surface area contributed by atoms with Crippen LogP contribution < -0.4 is 5.32 Å². The van der Waals surface area contributed by atoms with E-state index in [0.717, 1.165) is 17.8 Å². The maximum Gasteiger partial charge on any atom is 0.131 e. The normalized spacial score (nSPS) is 10.8. The SMILES string of the molecule is CNCc1c(-c2cc(F)ccc2F)cnn1C. The predicted molar refractivity (Wildman–Crippen MR) is 61.3 cm³/mol. The van der Waals surface area contributed by atoms with Crippen LogP contribution in [0.2, 0.25) is 0 Å². The summed E-state index contributed by atoms with van der Waals surface area (Å²) in [6.07, 6.45) is 1.55. The van der Waals surface area contributed by atoms with Crippen LogP contribution in [0.5, 0.6) is 0 Å². The van der Waals surface area contributed by atoms with Gasteiger partial charge >= 0.3 is 0 Å². The number of hydrogen-bond donors (Lipinski definition) is 1. The molecule has 90 valence electrons. The maximum atomic E-state index is 13.7. The molecule has 0 spiro atoms. The van der Waals surface area contributed by atoms with Crippen molar-refractivity contribution < 1.29 is 8.78 Å². The fraction of sp³-hybridized carbons (Fsp3) is 0.250. The van der Waals surface area contributed by atoms with Gasteiger partial charge in [0, 0.05) is 24.7 Å². The predicted octanol–water partition coefficient (Wildman–Crippen LogP) is 2.08. The van der Waals surface area contributed by atoms with E-state index in [1.165, 1.54) is 6.07 Å². The van der Waals surface area contributed by atoms with E-state index in [2.05, 4.69) is 10.4 Å². The van der Waals surface area contributed by atoms with Gasteiger partial charge in [-0.1, -0.05) is 0 Å². The number of rotatable bonds is 3. The summed E-state index contributed by atoms with van der Waals surface area (Å²) >= 11 is 0. The molecule has 1 aromatic heterocycles. The summed E-state index contributed by atoms with van der Waals surface area (Å²) < 4.78 is 28.5. The van der Waals surface area contributed by atoms with Crippen LogP contribution in [0, 0.1) is 11.6 Å². The van der Waals surface area contributed by atoms with E-state index in [1.807, 2.05) is 0 Å². The lowest BCUT2D eigenvalue weighted by Crippen LogP contribution is -2.10. The number of halogens is 2. The van der Waals surface area contributed by atoms with Gasteiger partial charge in [0.1, 0.15) is 11.6 Å². The number of hydrogen-bond acceptors (Lipinski definition) is 2. The highest BCUT2D eigenvalue weighted by molar-refractivity contribution is 5.66. The monoisotopic (exact) mass is 237 g/mol. The Morgan fingerprint density at radius 1 is 1.29 bits per heavy atom. The maximum absolute atomic E-state index is 13.7. The Labute approximate surface area is 98.1 Å². The summed E-state index contributed by atoms with van der Waals surface area (Å²) in [6, 6.07) is 3.42. The zero-order valence-electron chi connectivity index (χ0n) is 9.67. The summed E-state index contributed by atoms with van der Waals surface area (Å²) in [5, 5.41) is 7.05. The van der Waals surface area contributed by atoms with Crippen molar-refractivity contribution in [2.75, 3.05) is 7.05 Å². The average molecular weight is 237 g/mol. The highest BCUT2D eigenvalue weighted by Crippen LogP contribution is 2.26. The molecule has 0 bridgehead atoms. The molecule has 3 nitrogen and oxygen atoms in total. The Morgan fingerprint density at radius 2 is 2.06 bits per heavy atom. The van der Waals surface area contributed by atoms with Gasteiger partial charge in [-0.15, -0.1) is 0 Å². The number of benzene rings is 1. The second-order valence-corrected chi connectivity index (χ2v) is 3.78. The van der Waals surface area contributed by atoms with E-state index in [-0.39, 0.29) is 5.56 Å². The van der Waals surface area contributed by atoms with Crippen molar-refractivity contribution in [3.63, 3.8) is 0 Å². The van der Waals surface area contributed by atoms with Crippen LogP contribution in [0.1, 0.15) is 5.69 Å². The van der Waals surface area contributed by atoms with E-state index in [0.29, 0.717) is 12.1 Å². The van der Waals surface area contributed by atoms with Gasteiger partial charge in [0.15, 0.2) is 0 Å². The Bertz CT molecular complexity index is 535. The van der Waals surface area contributed by atoms with Crippen LogP contribution in [-0.2, 0) is 13.6 Å². The molecule has 5 heteroatoms. The number of nitrogens with zero attached hydrogens (tertiary/aromatic N) is 2. The van der Waals surface area contributed by atoms with Crippen molar-refractivity contribution >= 4 is 0 Å². The fourth-order valence-corrected chi connectivity index (χ4v) is 1.77. The van der Waals surface area contributed by atoms with Crippen molar-refractivity contribution in [2.45, 2.75) is 6.54 Å². The van der Waals surface area contributed by atoms with Crippen molar-refractivity contribution in [3.05, 3.63) is 41.7 Å². The van der Waals surface area contributed by atoms with Crippen LogP contribution in [0.3, 0.4) is 0 Å². The molecule has 0 saturated heterocycles. The third kappa shape index (κ3) is 2.19. The molecule has 2 aromatic rings. The number of aromatic nitrogens is 2. The Kier molecular flexibility index (Phi) is 3.19. The van der Waals surface area contributed by atoms with Gasteiger partial charge in [0.05, 0.1) is 11.9 Å². The zero-order valence-corrected chi connectivity index (χ0v) is 9.67. The molecule has 17 heavy (non-hydrogen) atoms. The molecule has 0 aliphatic rings. The molecule has 0 amide bonds. The Morgan fingerprint density at radius 3 is 2.76 bits per heavy atom. The van der Waals surface area contributed by atoms with Crippen molar-refractivity contribution in [3.8, 4) is 11.1 Å². The third-order valence-corrected chi connectivity index (χ3v) is 2.62. The molecule has 0 atom stereocenters. The van der Waals surface area contributed by atoms with Crippen molar-refractivity contribution in [1.29, 1.82) is 0 Å². The molecule has 0 radical (unpaired) electrons. The minimum absolute atomic E-state index is 0.239. The summed E-state index contributed by atoms with van der Waals surface area (Å²) in [7, 11) is 3.56. The molecule has 0 saturated carbocycles. The van der Waals surface area contributed by atoms with Crippen molar-refractivity contribution in [2.24, 2.45) is 7.05 Å². The number of aryl methyl sites for hydroxylation is 1. The quantitative estimate of drug-likeness (QED) is 0.885. The second kappa shape index (κ2) is 4.63. The van der Waals surface area contributed by atoms with E-state index in [9.17, 15) is 8.78 Å². The van der Waals surface area contributed by atoms with Gasteiger partial charge in [-0.25, -0.2) is 8.78 Å². The Balaban J connectivity index is 2.56. The first kappa shape index (κ1) is 11.7. The van der Waals surface area contributed by atoms with E-state index in [4.69, 9.17) is 0 Å². The van der Waals surface area contributed by atoms with Gasteiger partial charge in [0.25, 0.3) is 0 Å².